The van der Waals surface area contributed by atoms with E-state index >= 15 is 0 Å². The van der Waals surface area contributed by atoms with E-state index in [9.17, 15) is 8.42 Å². The van der Waals surface area contributed by atoms with Gasteiger partial charge in [0.1, 0.15) is 17.7 Å². The fourth-order valence-corrected chi connectivity index (χ4v) is 5.62. The maximum absolute atomic E-state index is 12.9. The Labute approximate surface area is 178 Å². The van der Waals surface area contributed by atoms with Crippen LogP contribution in [0, 0.1) is 6.92 Å². The Bertz CT molecular complexity index is 1310. The second-order valence-electron chi connectivity index (χ2n) is 7.37. The average Bonchev–Trinajstić information content (AvgIpc) is 3.36. The molecule has 2 aromatic carbocycles. The normalized spacial score (nSPS) is 14.0. The zero-order valence-corrected chi connectivity index (χ0v) is 17.9. The van der Waals surface area contributed by atoms with Crippen LogP contribution < -0.4 is 4.72 Å². The summed E-state index contributed by atoms with van der Waals surface area (Å²) in [5.41, 5.74) is 3.44. The number of furan rings is 1. The van der Waals surface area contributed by atoms with Crippen LogP contribution in [-0.4, -0.2) is 23.6 Å². The number of sulfonamides is 1. The molecule has 30 heavy (non-hydrogen) atoms. The first kappa shape index (κ1) is 19.2. The van der Waals surface area contributed by atoms with E-state index in [1.165, 1.54) is 23.7 Å². The van der Waals surface area contributed by atoms with Crippen molar-refractivity contribution in [1.82, 2.24) is 15.2 Å². The molecule has 0 radical (unpaired) electrons. The predicted octanol–water partition coefficient (Wildman–Crippen LogP) is 4.69. The minimum Gasteiger partial charge on any atom is -0.460 e. The van der Waals surface area contributed by atoms with Gasteiger partial charge in [-0.3, -0.25) is 9.82 Å². The van der Waals surface area contributed by atoms with Gasteiger partial charge in [-0.05, 0) is 62.2 Å². The molecule has 2 heterocycles. The number of H-pyrrole nitrogens is 1. The van der Waals surface area contributed by atoms with E-state index in [1.807, 2.05) is 13.0 Å². The van der Waals surface area contributed by atoms with Crippen LogP contribution in [0.4, 0.5) is 5.69 Å². The Balaban J connectivity index is 1.60. The van der Waals surface area contributed by atoms with Crippen molar-refractivity contribution >= 4 is 38.4 Å². The molecular formula is C21H20N4O3S2. The van der Waals surface area contributed by atoms with Crippen LogP contribution in [0.1, 0.15) is 29.7 Å². The summed E-state index contributed by atoms with van der Waals surface area (Å²) >= 11 is 1.37. The number of nitrogens with zero attached hydrogens (tertiary/aromatic N) is 2. The Morgan fingerprint density at radius 2 is 1.93 bits per heavy atom. The number of hydrogen-bond acceptors (Lipinski definition) is 6. The Morgan fingerprint density at radius 1 is 1.13 bits per heavy atom. The molecule has 7 nitrogen and oxygen atoms in total. The highest BCUT2D eigenvalue weighted by atomic mass is 32.2. The molecule has 0 fully saturated rings. The number of nitrogens with one attached hydrogen (secondary N) is 2. The first-order valence-electron chi connectivity index (χ1n) is 9.70. The number of anilines is 1. The average molecular weight is 441 g/mol. The van der Waals surface area contributed by atoms with E-state index in [-0.39, 0.29) is 4.90 Å². The molecule has 0 saturated carbocycles. The SMILES string of the molecule is Cc1ccc(S(=O)(=O)Nc2cc(Sc3ncn[nH]3)c3oc4c(c3c2)CCCC4)cc1. The number of fused-ring (bicyclic) bond motifs is 3. The van der Waals surface area contributed by atoms with E-state index in [2.05, 4.69) is 19.9 Å². The molecule has 1 aliphatic rings. The molecule has 1 aliphatic carbocycles. The maximum atomic E-state index is 12.9. The van der Waals surface area contributed by atoms with Gasteiger partial charge in [0.2, 0.25) is 0 Å². The molecule has 2 N–H and O–H groups in total. The Morgan fingerprint density at radius 3 is 2.70 bits per heavy atom. The lowest BCUT2D eigenvalue weighted by atomic mass is 9.96. The molecular weight excluding hydrogens is 420 g/mol. The van der Waals surface area contributed by atoms with Gasteiger partial charge in [0.15, 0.2) is 5.16 Å². The van der Waals surface area contributed by atoms with Crippen molar-refractivity contribution in [2.24, 2.45) is 0 Å². The predicted molar refractivity (Wildman–Crippen MR) is 115 cm³/mol. The molecule has 4 aromatic rings. The number of aryl methyl sites for hydroxylation is 3. The van der Waals surface area contributed by atoms with Gasteiger partial charge >= 0.3 is 0 Å². The lowest BCUT2D eigenvalue weighted by molar-refractivity contribution is 0.502. The van der Waals surface area contributed by atoms with Crippen LogP contribution in [0.2, 0.25) is 0 Å². The lowest BCUT2D eigenvalue weighted by Crippen LogP contribution is -2.13. The van der Waals surface area contributed by atoms with Crippen LogP contribution in [0.15, 0.2) is 62.1 Å². The van der Waals surface area contributed by atoms with Crippen molar-refractivity contribution in [3.8, 4) is 0 Å². The minimum absolute atomic E-state index is 0.229. The van der Waals surface area contributed by atoms with Crippen molar-refractivity contribution < 1.29 is 12.8 Å². The van der Waals surface area contributed by atoms with Crippen molar-refractivity contribution in [3.05, 3.63) is 59.6 Å². The fraction of sp³-hybridized carbons (Fsp3) is 0.238. The fourth-order valence-electron chi connectivity index (χ4n) is 3.74. The van der Waals surface area contributed by atoms with Gasteiger partial charge in [0, 0.05) is 17.4 Å². The van der Waals surface area contributed by atoms with Crippen LogP contribution in [0.3, 0.4) is 0 Å². The molecule has 5 rings (SSSR count). The molecule has 0 bridgehead atoms. The van der Waals surface area contributed by atoms with Gasteiger partial charge in [-0.1, -0.05) is 17.7 Å². The highest BCUT2D eigenvalue weighted by molar-refractivity contribution is 7.99. The van der Waals surface area contributed by atoms with Crippen molar-refractivity contribution in [1.29, 1.82) is 0 Å². The summed E-state index contributed by atoms with van der Waals surface area (Å²) in [5.74, 6) is 0.995. The third kappa shape index (κ3) is 3.59. The van der Waals surface area contributed by atoms with Crippen LogP contribution in [-0.2, 0) is 22.9 Å². The number of hydrogen-bond donors (Lipinski definition) is 2. The molecule has 9 heteroatoms. The van der Waals surface area contributed by atoms with E-state index in [1.54, 1.807) is 30.3 Å². The topological polar surface area (TPSA) is 101 Å². The van der Waals surface area contributed by atoms with E-state index in [4.69, 9.17) is 4.42 Å². The zero-order chi connectivity index (χ0) is 20.7. The summed E-state index contributed by atoms with van der Waals surface area (Å²) < 4.78 is 34.8. The molecule has 0 unspecified atom stereocenters. The summed E-state index contributed by atoms with van der Waals surface area (Å²) in [6, 6.07) is 10.5. The highest BCUT2D eigenvalue weighted by Gasteiger charge is 2.23. The Hall–Kier alpha value is -2.78. The smallest absolute Gasteiger partial charge is 0.261 e. The van der Waals surface area contributed by atoms with E-state index in [0.717, 1.165) is 52.9 Å². The highest BCUT2D eigenvalue weighted by Crippen LogP contribution is 2.41. The van der Waals surface area contributed by atoms with Gasteiger partial charge in [-0.25, -0.2) is 13.4 Å². The molecule has 154 valence electrons. The van der Waals surface area contributed by atoms with Gasteiger partial charge in [-0.2, -0.15) is 5.10 Å². The molecule has 0 amide bonds. The summed E-state index contributed by atoms with van der Waals surface area (Å²) in [5, 5.41) is 8.29. The van der Waals surface area contributed by atoms with Crippen LogP contribution >= 0.6 is 11.8 Å². The van der Waals surface area contributed by atoms with Crippen LogP contribution in [0.25, 0.3) is 11.0 Å². The second-order valence-corrected chi connectivity index (χ2v) is 10.1. The lowest BCUT2D eigenvalue weighted by Gasteiger charge is -2.11. The van der Waals surface area contributed by atoms with Crippen molar-refractivity contribution in [2.75, 3.05) is 4.72 Å². The number of aromatic nitrogens is 3. The third-order valence-corrected chi connectivity index (χ3v) is 7.52. The summed E-state index contributed by atoms with van der Waals surface area (Å²) in [7, 11) is -3.71. The second kappa shape index (κ2) is 7.48. The number of aromatic amines is 1. The standard InChI is InChI=1S/C21H20N4O3S2/c1-13-6-8-15(9-7-13)30(26,27)25-14-10-17-16-4-2-3-5-18(16)28-20(17)19(11-14)29-21-22-12-23-24-21/h6-12,25H,2-5H2,1H3,(H,22,23,24). The monoisotopic (exact) mass is 440 g/mol. The minimum atomic E-state index is -3.71. The van der Waals surface area contributed by atoms with Crippen molar-refractivity contribution in [3.63, 3.8) is 0 Å². The third-order valence-electron chi connectivity index (χ3n) is 5.21. The van der Waals surface area contributed by atoms with E-state index < -0.39 is 10.0 Å². The van der Waals surface area contributed by atoms with Crippen molar-refractivity contribution in [2.45, 2.75) is 47.6 Å². The number of rotatable bonds is 5. The summed E-state index contributed by atoms with van der Waals surface area (Å²) in [6.45, 7) is 1.92. The largest absolute Gasteiger partial charge is 0.460 e. The van der Waals surface area contributed by atoms with Crippen LogP contribution in [0.5, 0.6) is 0 Å². The first-order chi connectivity index (χ1) is 14.5. The van der Waals surface area contributed by atoms with Gasteiger partial charge in [-0.15, -0.1) is 0 Å². The quantitative estimate of drug-likeness (QED) is 0.467. The first-order valence-corrected chi connectivity index (χ1v) is 12.0. The maximum Gasteiger partial charge on any atom is 0.261 e. The molecule has 2 aromatic heterocycles. The summed E-state index contributed by atoms with van der Waals surface area (Å²) in [4.78, 5) is 5.20. The molecule has 0 atom stereocenters. The Kier molecular flexibility index (Phi) is 4.79. The van der Waals surface area contributed by atoms with E-state index in [0.29, 0.717) is 10.8 Å². The van der Waals surface area contributed by atoms with Gasteiger partial charge in [0.25, 0.3) is 10.0 Å². The number of benzene rings is 2. The summed E-state index contributed by atoms with van der Waals surface area (Å²) in [6.07, 6.45) is 5.48. The molecule has 0 aliphatic heterocycles. The van der Waals surface area contributed by atoms with Gasteiger partial charge < -0.3 is 4.42 Å². The van der Waals surface area contributed by atoms with Gasteiger partial charge in [0.05, 0.1) is 15.5 Å². The molecule has 0 saturated heterocycles. The zero-order valence-electron chi connectivity index (χ0n) is 16.3. The molecule has 0 spiro atoms.